The summed E-state index contributed by atoms with van der Waals surface area (Å²) >= 11 is 0. The Labute approximate surface area is 66.1 Å². The predicted molar refractivity (Wildman–Crippen MR) is 39.7 cm³/mol. The minimum Gasteiger partial charge on any atom is -0.468 e. The van der Waals surface area contributed by atoms with Gasteiger partial charge in [0.05, 0.1) is 13.2 Å². The van der Waals surface area contributed by atoms with Crippen LogP contribution in [0.5, 0.6) is 0 Å². The molecule has 0 aliphatic carbocycles. The molecule has 0 aromatic heterocycles. The Morgan fingerprint density at radius 2 is 2.45 bits per heavy atom. The smallest absolute Gasteiger partial charge is 0.322 e. The molecule has 0 rings (SSSR count). The fourth-order valence-corrected chi connectivity index (χ4v) is 0.605. The lowest BCUT2D eigenvalue weighted by Gasteiger charge is -2.08. The minimum atomic E-state index is -0.326. The van der Waals surface area contributed by atoms with E-state index in [2.05, 4.69) is 10.1 Å². The van der Waals surface area contributed by atoms with Gasteiger partial charge in [0.1, 0.15) is 6.04 Å². The maximum Gasteiger partial charge on any atom is 0.322 e. The highest BCUT2D eigenvalue weighted by Crippen LogP contribution is 1.85. The highest BCUT2D eigenvalue weighted by Gasteiger charge is 2.10. The van der Waals surface area contributed by atoms with Gasteiger partial charge in [-0.25, -0.2) is 0 Å². The number of nitrogens with zero attached hydrogens (tertiary/aromatic N) is 1. The van der Waals surface area contributed by atoms with Gasteiger partial charge in [0.25, 0.3) is 0 Å². The van der Waals surface area contributed by atoms with Crippen molar-refractivity contribution in [2.75, 3.05) is 13.7 Å². The Morgan fingerprint density at radius 3 is 2.91 bits per heavy atom. The first-order chi connectivity index (χ1) is 5.22. The van der Waals surface area contributed by atoms with Crippen LogP contribution in [0.15, 0.2) is 0 Å². The van der Waals surface area contributed by atoms with Gasteiger partial charge in [-0.15, -0.1) is 0 Å². The number of hydrogen-bond acceptors (Lipinski definition) is 4. The molecule has 0 heterocycles. The average molecular weight is 156 g/mol. The molecule has 0 fully saturated rings. The maximum absolute atomic E-state index is 10.7. The van der Waals surface area contributed by atoms with Crippen LogP contribution in [0.3, 0.4) is 0 Å². The summed E-state index contributed by atoms with van der Waals surface area (Å²) in [5, 5.41) is 11.0. The van der Waals surface area contributed by atoms with E-state index in [1.165, 1.54) is 7.11 Å². The molecular formula is C7H12N2O2. The van der Waals surface area contributed by atoms with E-state index < -0.39 is 0 Å². The van der Waals surface area contributed by atoms with Crippen LogP contribution >= 0.6 is 0 Å². The van der Waals surface area contributed by atoms with Gasteiger partial charge in [0.15, 0.2) is 0 Å². The Hall–Kier alpha value is -1.08. The molecule has 1 atom stereocenters. The monoisotopic (exact) mass is 156 g/mol. The van der Waals surface area contributed by atoms with Gasteiger partial charge >= 0.3 is 5.97 Å². The van der Waals surface area contributed by atoms with Gasteiger partial charge in [0.2, 0.25) is 0 Å². The fourth-order valence-electron chi connectivity index (χ4n) is 0.605. The van der Waals surface area contributed by atoms with E-state index in [0.717, 1.165) is 0 Å². The molecule has 0 saturated heterocycles. The molecule has 1 unspecified atom stereocenters. The third-order valence-corrected chi connectivity index (χ3v) is 1.24. The van der Waals surface area contributed by atoms with Crippen LogP contribution in [0.1, 0.15) is 13.3 Å². The van der Waals surface area contributed by atoms with Crippen LogP contribution in [-0.2, 0) is 9.53 Å². The van der Waals surface area contributed by atoms with E-state index in [1.807, 2.05) is 6.07 Å². The second-order valence-electron chi connectivity index (χ2n) is 2.11. The van der Waals surface area contributed by atoms with E-state index in [-0.39, 0.29) is 12.0 Å². The van der Waals surface area contributed by atoms with Crippen molar-refractivity contribution in [3.8, 4) is 6.07 Å². The zero-order valence-electron chi connectivity index (χ0n) is 6.76. The first kappa shape index (κ1) is 9.92. The lowest BCUT2D eigenvalue weighted by Crippen LogP contribution is -2.35. The van der Waals surface area contributed by atoms with Crippen LogP contribution in [0.2, 0.25) is 0 Å². The number of ether oxygens (including phenoxy) is 1. The molecule has 11 heavy (non-hydrogen) atoms. The summed E-state index contributed by atoms with van der Waals surface area (Å²) in [6, 6.07) is 1.64. The summed E-state index contributed by atoms with van der Waals surface area (Å²) in [5.74, 6) is -0.303. The van der Waals surface area contributed by atoms with Crippen LogP contribution in [0.4, 0.5) is 0 Å². The lowest BCUT2D eigenvalue weighted by atomic mass is 10.3. The highest BCUT2D eigenvalue weighted by molar-refractivity contribution is 5.74. The number of methoxy groups -OCH3 is 1. The quantitative estimate of drug-likeness (QED) is 0.461. The molecule has 1 N–H and O–H groups in total. The van der Waals surface area contributed by atoms with Crippen LogP contribution in [0.25, 0.3) is 0 Å². The molecule has 0 aliphatic rings. The van der Waals surface area contributed by atoms with Gasteiger partial charge < -0.3 is 10.1 Å². The number of carbonyl (C=O) groups excluding carboxylic acids is 1. The van der Waals surface area contributed by atoms with Crippen LogP contribution in [-0.4, -0.2) is 25.7 Å². The van der Waals surface area contributed by atoms with Crippen molar-refractivity contribution in [1.82, 2.24) is 5.32 Å². The van der Waals surface area contributed by atoms with Crippen molar-refractivity contribution in [2.24, 2.45) is 0 Å². The predicted octanol–water partition coefficient (Wildman–Crippen LogP) is 0.0512. The topological polar surface area (TPSA) is 62.1 Å². The molecule has 0 radical (unpaired) electrons. The van der Waals surface area contributed by atoms with Gasteiger partial charge in [-0.3, -0.25) is 4.79 Å². The number of esters is 1. The van der Waals surface area contributed by atoms with Crippen LogP contribution in [0, 0.1) is 11.3 Å². The van der Waals surface area contributed by atoms with Crippen molar-refractivity contribution < 1.29 is 9.53 Å². The number of rotatable bonds is 4. The first-order valence-corrected chi connectivity index (χ1v) is 3.40. The second-order valence-corrected chi connectivity index (χ2v) is 2.11. The van der Waals surface area contributed by atoms with Gasteiger partial charge in [-0.05, 0) is 6.92 Å². The summed E-state index contributed by atoms with van der Waals surface area (Å²) in [5.41, 5.74) is 0. The molecule has 0 aliphatic heterocycles. The molecule has 0 aromatic carbocycles. The molecule has 0 aromatic rings. The zero-order valence-corrected chi connectivity index (χ0v) is 6.76. The van der Waals surface area contributed by atoms with Crippen molar-refractivity contribution in [3.05, 3.63) is 0 Å². The van der Waals surface area contributed by atoms with Gasteiger partial charge in [-0.2, -0.15) is 5.26 Å². The summed E-state index contributed by atoms with van der Waals surface area (Å²) in [4.78, 5) is 10.7. The summed E-state index contributed by atoms with van der Waals surface area (Å²) in [6.45, 7) is 2.22. The van der Waals surface area contributed by atoms with Gasteiger partial charge in [-0.1, -0.05) is 0 Å². The molecular weight excluding hydrogens is 144 g/mol. The Kier molecular flexibility index (Phi) is 5.13. The van der Waals surface area contributed by atoms with Crippen molar-refractivity contribution >= 4 is 5.97 Å². The van der Waals surface area contributed by atoms with Gasteiger partial charge in [0, 0.05) is 13.0 Å². The molecule has 62 valence electrons. The fraction of sp³-hybridized carbons (Fsp3) is 0.714. The van der Waals surface area contributed by atoms with E-state index in [4.69, 9.17) is 5.26 Å². The highest BCUT2D eigenvalue weighted by atomic mass is 16.5. The SMILES string of the molecule is COC(=O)C(C)NCCC#N. The van der Waals surface area contributed by atoms with E-state index in [1.54, 1.807) is 6.92 Å². The second kappa shape index (κ2) is 5.69. The molecule has 0 spiro atoms. The van der Waals surface area contributed by atoms with Crippen molar-refractivity contribution in [2.45, 2.75) is 19.4 Å². The largest absolute Gasteiger partial charge is 0.468 e. The Morgan fingerprint density at radius 1 is 1.82 bits per heavy atom. The maximum atomic E-state index is 10.7. The summed E-state index contributed by atoms with van der Waals surface area (Å²) in [6.07, 6.45) is 0.404. The number of nitrogens with one attached hydrogen (secondary N) is 1. The normalized spacial score (nSPS) is 11.7. The third kappa shape index (κ3) is 4.34. The van der Waals surface area contributed by atoms with E-state index in [0.29, 0.717) is 13.0 Å². The first-order valence-electron chi connectivity index (χ1n) is 3.40. The molecule has 0 bridgehead atoms. The molecule has 4 heteroatoms. The van der Waals surface area contributed by atoms with E-state index in [9.17, 15) is 4.79 Å². The van der Waals surface area contributed by atoms with Crippen LogP contribution < -0.4 is 5.32 Å². The Balaban J connectivity index is 3.45. The molecule has 0 amide bonds. The molecule has 4 nitrogen and oxygen atoms in total. The average Bonchev–Trinajstić information content (AvgIpc) is 2.03. The lowest BCUT2D eigenvalue weighted by molar-refractivity contribution is -0.142. The summed E-state index contributed by atoms with van der Waals surface area (Å²) < 4.78 is 4.46. The zero-order chi connectivity index (χ0) is 8.69. The summed E-state index contributed by atoms with van der Waals surface area (Å²) in [7, 11) is 1.34. The van der Waals surface area contributed by atoms with E-state index >= 15 is 0 Å². The third-order valence-electron chi connectivity index (χ3n) is 1.24. The number of nitriles is 1. The standard InChI is InChI=1S/C7H12N2O2/c1-6(7(10)11-2)9-5-3-4-8/h6,9H,3,5H2,1-2H3. The molecule has 0 saturated carbocycles. The Bertz CT molecular complexity index is 162. The minimum absolute atomic E-state index is 0.303. The number of carbonyl (C=O) groups is 1. The number of hydrogen-bond donors (Lipinski definition) is 1. The van der Waals surface area contributed by atoms with Crippen molar-refractivity contribution in [3.63, 3.8) is 0 Å². The van der Waals surface area contributed by atoms with Crippen molar-refractivity contribution in [1.29, 1.82) is 5.26 Å².